The number of hydrazine groups is 1. The van der Waals surface area contributed by atoms with Gasteiger partial charge in [-0.2, -0.15) is 0 Å². The number of benzene rings is 1. The van der Waals surface area contributed by atoms with Crippen molar-refractivity contribution >= 4 is 23.0 Å². The zero-order valence-corrected chi connectivity index (χ0v) is 11.8. The van der Waals surface area contributed by atoms with Gasteiger partial charge in [0.2, 0.25) is 0 Å². The highest BCUT2D eigenvalue weighted by molar-refractivity contribution is 5.74. The molecular weight excluding hydrogens is 280 g/mol. The highest BCUT2D eigenvalue weighted by Crippen LogP contribution is 2.23. The Labute approximate surface area is 127 Å². The summed E-state index contributed by atoms with van der Waals surface area (Å²) in [6.45, 7) is 0.500. The second-order valence-electron chi connectivity index (χ2n) is 4.53. The summed E-state index contributed by atoms with van der Waals surface area (Å²) in [5, 5.41) is 3.12. The predicted octanol–water partition coefficient (Wildman–Crippen LogP) is 2.70. The van der Waals surface area contributed by atoms with Gasteiger partial charge in [0.1, 0.15) is 17.8 Å². The molecule has 0 saturated carbocycles. The number of hydrogen-bond acceptors (Lipinski definition) is 7. The molecule has 0 amide bonds. The van der Waals surface area contributed by atoms with Crippen LogP contribution in [0.3, 0.4) is 0 Å². The first kappa shape index (κ1) is 13.7. The molecule has 0 bridgehead atoms. The molecule has 0 atom stereocenters. The second-order valence-corrected chi connectivity index (χ2v) is 4.53. The van der Waals surface area contributed by atoms with Gasteiger partial charge in [0, 0.05) is 0 Å². The molecule has 22 heavy (non-hydrogen) atoms. The standard InChI is InChI=1S/C15H16N6O/c16-13-14(17-9-12-7-4-8-22-12)18-10-19-15(13)21-20-11-5-2-1-3-6-11/h1-8,10,20H,9,16H2,(H2,17,18,19,21). The summed E-state index contributed by atoms with van der Waals surface area (Å²) >= 11 is 0. The second kappa shape index (κ2) is 6.49. The molecule has 0 spiro atoms. The Kier molecular flexibility index (Phi) is 4.05. The van der Waals surface area contributed by atoms with Crippen molar-refractivity contribution in [3.63, 3.8) is 0 Å². The number of hydrogen-bond donors (Lipinski definition) is 4. The molecule has 0 radical (unpaired) electrons. The minimum Gasteiger partial charge on any atom is -0.467 e. The van der Waals surface area contributed by atoms with Crippen molar-refractivity contribution < 1.29 is 4.42 Å². The van der Waals surface area contributed by atoms with E-state index in [-0.39, 0.29) is 0 Å². The van der Waals surface area contributed by atoms with Gasteiger partial charge in [-0.05, 0) is 24.3 Å². The Hall–Kier alpha value is -3.22. The first-order chi connectivity index (χ1) is 10.8. The van der Waals surface area contributed by atoms with E-state index in [4.69, 9.17) is 10.2 Å². The summed E-state index contributed by atoms with van der Waals surface area (Å²) in [6.07, 6.45) is 3.06. The van der Waals surface area contributed by atoms with E-state index in [0.29, 0.717) is 23.9 Å². The summed E-state index contributed by atoms with van der Waals surface area (Å²) in [4.78, 5) is 8.26. The molecule has 1 aromatic carbocycles. The van der Waals surface area contributed by atoms with Crippen molar-refractivity contribution in [2.75, 3.05) is 21.9 Å². The number of aromatic nitrogens is 2. The quantitative estimate of drug-likeness (QED) is 0.519. The molecular formula is C15H16N6O. The van der Waals surface area contributed by atoms with Gasteiger partial charge >= 0.3 is 0 Å². The van der Waals surface area contributed by atoms with Crippen LogP contribution in [0.15, 0.2) is 59.5 Å². The van der Waals surface area contributed by atoms with Crippen LogP contribution in [-0.2, 0) is 6.54 Å². The SMILES string of the molecule is Nc1c(NCc2ccco2)ncnc1NNc1ccccc1. The van der Waals surface area contributed by atoms with E-state index in [9.17, 15) is 0 Å². The van der Waals surface area contributed by atoms with Crippen molar-refractivity contribution in [1.29, 1.82) is 0 Å². The first-order valence-electron chi connectivity index (χ1n) is 6.77. The maximum absolute atomic E-state index is 6.07. The van der Waals surface area contributed by atoms with E-state index >= 15 is 0 Å². The molecule has 3 aromatic rings. The van der Waals surface area contributed by atoms with Gasteiger partial charge < -0.3 is 15.5 Å². The number of anilines is 4. The van der Waals surface area contributed by atoms with E-state index < -0.39 is 0 Å². The Morgan fingerprint density at radius 1 is 0.955 bits per heavy atom. The number of nitrogens with zero attached hydrogens (tertiary/aromatic N) is 2. The number of nitrogens with one attached hydrogen (secondary N) is 3. The van der Waals surface area contributed by atoms with Gasteiger partial charge in [0.25, 0.3) is 0 Å². The topological polar surface area (TPSA) is 101 Å². The smallest absolute Gasteiger partial charge is 0.173 e. The monoisotopic (exact) mass is 296 g/mol. The van der Waals surface area contributed by atoms with Gasteiger partial charge in [-0.25, -0.2) is 9.97 Å². The number of nitrogens with two attached hydrogens (primary N) is 1. The molecule has 3 rings (SSSR count). The number of rotatable bonds is 6. The number of furan rings is 1. The van der Waals surface area contributed by atoms with Gasteiger partial charge in [-0.3, -0.25) is 10.9 Å². The van der Waals surface area contributed by atoms with E-state index in [1.165, 1.54) is 6.33 Å². The normalized spacial score (nSPS) is 10.2. The molecule has 2 heterocycles. The van der Waals surface area contributed by atoms with Crippen molar-refractivity contribution in [3.8, 4) is 0 Å². The molecule has 0 aliphatic rings. The number of nitrogen functional groups attached to an aromatic ring is 1. The highest BCUT2D eigenvalue weighted by atomic mass is 16.3. The molecule has 7 nitrogen and oxygen atoms in total. The lowest BCUT2D eigenvalue weighted by atomic mass is 10.3. The maximum atomic E-state index is 6.07. The van der Waals surface area contributed by atoms with Crippen molar-refractivity contribution in [2.45, 2.75) is 6.54 Å². The summed E-state index contributed by atoms with van der Waals surface area (Å²) in [7, 11) is 0. The average molecular weight is 296 g/mol. The van der Waals surface area contributed by atoms with Crippen LogP contribution in [0.4, 0.5) is 23.0 Å². The lowest BCUT2D eigenvalue weighted by Gasteiger charge is -2.13. The largest absolute Gasteiger partial charge is 0.467 e. The van der Waals surface area contributed by atoms with Crippen LogP contribution in [0.25, 0.3) is 0 Å². The molecule has 0 aliphatic carbocycles. The van der Waals surface area contributed by atoms with Crippen molar-refractivity contribution in [3.05, 3.63) is 60.8 Å². The zero-order valence-electron chi connectivity index (χ0n) is 11.8. The van der Waals surface area contributed by atoms with Gasteiger partial charge in [0.05, 0.1) is 18.5 Å². The van der Waals surface area contributed by atoms with E-state index in [1.807, 2.05) is 42.5 Å². The van der Waals surface area contributed by atoms with Crippen molar-refractivity contribution in [1.82, 2.24) is 9.97 Å². The minimum atomic E-state index is 0.428. The lowest BCUT2D eigenvalue weighted by molar-refractivity contribution is 0.518. The van der Waals surface area contributed by atoms with Gasteiger partial charge in [-0.15, -0.1) is 0 Å². The molecule has 7 heteroatoms. The maximum Gasteiger partial charge on any atom is 0.173 e. The fraction of sp³-hybridized carbons (Fsp3) is 0.0667. The fourth-order valence-electron chi connectivity index (χ4n) is 1.87. The molecule has 0 unspecified atom stereocenters. The van der Waals surface area contributed by atoms with Crippen LogP contribution < -0.4 is 21.9 Å². The van der Waals surface area contributed by atoms with E-state index in [2.05, 4.69) is 26.1 Å². The third-order valence-electron chi connectivity index (χ3n) is 2.99. The molecule has 112 valence electrons. The van der Waals surface area contributed by atoms with Crippen LogP contribution in [0.1, 0.15) is 5.76 Å². The number of para-hydroxylation sites is 1. The van der Waals surface area contributed by atoms with E-state index in [0.717, 1.165) is 11.4 Å². The molecule has 0 saturated heterocycles. The third kappa shape index (κ3) is 3.26. The average Bonchev–Trinajstić information content (AvgIpc) is 3.07. The molecule has 5 N–H and O–H groups in total. The zero-order chi connectivity index (χ0) is 15.2. The van der Waals surface area contributed by atoms with Crippen molar-refractivity contribution in [2.24, 2.45) is 0 Å². The van der Waals surface area contributed by atoms with Gasteiger partial charge in [-0.1, -0.05) is 18.2 Å². The summed E-state index contributed by atoms with van der Waals surface area (Å²) in [5.74, 6) is 1.85. The first-order valence-corrected chi connectivity index (χ1v) is 6.77. The Morgan fingerprint density at radius 3 is 2.55 bits per heavy atom. The molecule has 0 fully saturated rings. The van der Waals surface area contributed by atoms with Crippen LogP contribution in [0.5, 0.6) is 0 Å². The Morgan fingerprint density at radius 2 is 1.77 bits per heavy atom. The molecule has 0 aliphatic heterocycles. The van der Waals surface area contributed by atoms with Crippen LogP contribution >= 0.6 is 0 Å². The van der Waals surface area contributed by atoms with E-state index in [1.54, 1.807) is 6.26 Å². The predicted molar refractivity (Wildman–Crippen MR) is 86.2 cm³/mol. The van der Waals surface area contributed by atoms with Crippen LogP contribution in [0.2, 0.25) is 0 Å². The van der Waals surface area contributed by atoms with Crippen LogP contribution in [0, 0.1) is 0 Å². The van der Waals surface area contributed by atoms with Crippen LogP contribution in [-0.4, -0.2) is 9.97 Å². The Balaban J connectivity index is 1.66. The van der Waals surface area contributed by atoms with Gasteiger partial charge in [0.15, 0.2) is 11.6 Å². The summed E-state index contributed by atoms with van der Waals surface area (Å²) in [5.41, 5.74) is 13.4. The fourth-order valence-corrected chi connectivity index (χ4v) is 1.87. The third-order valence-corrected chi connectivity index (χ3v) is 2.99. The minimum absolute atomic E-state index is 0.428. The summed E-state index contributed by atoms with van der Waals surface area (Å²) in [6, 6.07) is 13.4. The summed E-state index contributed by atoms with van der Waals surface area (Å²) < 4.78 is 5.26. The molecule has 2 aromatic heterocycles. The highest BCUT2D eigenvalue weighted by Gasteiger charge is 2.08. The lowest BCUT2D eigenvalue weighted by Crippen LogP contribution is -2.14. The Bertz CT molecular complexity index is 714.